The normalized spacial score (nSPS) is 16.9. The molecule has 0 heterocycles. The standard InChI is InChI=1S/C12H14BrN3O2S/c13-10-3-8(6-14)4-11(5-10)19(17,18)16-7-12(15)9-1-2-9/h3-5,9,12,16H,1-2,7,15H2. The van der Waals surface area contributed by atoms with E-state index in [0.29, 0.717) is 16.0 Å². The number of halogens is 1. The van der Waals surface area contributed by atoms with Gasteiger partial charge >= 0.3 is 0 Å². The second-order valence-corrected chi connectivity index (χ2v) is 7.32. The van der Waals surface area contributed by atoms with Crippen LogP contribution in [0.3, 0.4) is 0 Å². The first-order valence-corrected chi connectivity index (χ1v) is 8.16. The van der Waals surface area contributed by atoms with E-state index in [1.165, 1.54) is 12.1 Å². The Bertz CT molecular complexity index is 620. The zero-order valence-electron chi connectivity index (χ0n) is 10.1. The minimum absolute atomic E-state index is 0.0708. The predicted molar refractivity (Wildman–Crippen MR) is 74.7 cm³/mol. The highest BCUT2D eigenvalue weighted by atomic mass is 79.9. The molecule has 2 rings (SSSR count). The molecule has 102 valence electrons. The molecule has 3 N–H and O–H groups in total. The highest BCUT2D eigenvalue weighted by Crippen LogP contribution is 2.31. The third-order valence-corrected chi connectivity index (χ3v) is 4.91. The van der Waals surface area contributed by atoms with Gasteiger partial charge in [0.1, 0.15) is 0 Å². The van der Waals surface area contributed by atoms with Crippen molar-refractivity contribution < 1.29 is 8.42 Å². The summed E-state index contributed by atoms with van der Waals surface area (Å²) in [5.41, 5.74) is 6.15. The number of nitrogens with zero attached hydrogens (tertiary/aromatic N) is 1. The third-order valence-electron chi connectivity index (χ3n) is 3.05. The molecule has 5 nitrogen and oxygen atoms in total. The van der Waals surface area contributed by atoms with Crippen molar-refractivity contribution in [1.29, 1.82) is 5.26 Å². The van der Waals surface area contributed by atoms with Gasteiger partial charge in [-0.25, -0.2) is 13.1 Å². The second-order valence-electron chi connectivity index (χ2n) is 4.64. The Labute approximate surface area is 121 Å². The van der Waals surface area contributed by atoms with E-state index in [1.54, 1.807) is 6.07 Å². The smallest absolute Gasteiger partial charge is 0.240 e. The number of rotatable bonds is 5. The Morgan fingerprint density at radius 2 is 2.16 bits per heavy atom. The summed E-state index contributed by atoms with van der Waals surface area (Å²) in [5, 5.41) is 8.85. The quantitative estimate of drug-likeness (QED) is 0.842. The van der Waals surface area contributed by atoms with E-state index in [0.717, 1.165) is 12.8 Å². The number of sulfonamides is 1. The fourth-order valence-electron chi connectivity index (χ4n) is 1.76. The van der Waals surface area contributed by atoms with Crippen LogP contribution in [0.5, 0.6) is 0 Å². The molecule has 1 aromatic carbocycles. The highest BCUT2D eigenvalue weighted by Gasteiger charge is 2.29. The van der Waals surface area contributed by atoms with Crippen LogP contribution in [0.25, 0.3) is 0 Å². The van der Waals surface area contributed by atoms with Crippen LogP contribution in [-0.4, -0.2) is 21.0 Å². The summed E-state index contributed by atoms with van der Waals surface area (Å²) in [7, 11) is -3.63. The fraction of sp³-hybridized carbons (Fsp3) is 0.417. The lowest BCUT2D eigenvalue weighted by molar-refractivity contribution is 0.547. The fourth-order valence-corrected chi connectivity index (χ4v) is 3.55. The summed E-state index contributed by atoms with van der Waals surface area (Å²) >= 11 is 3.19. The average Bonchev–Trinajstić information content (AvgIpc) is 3.19. The minimum atomic E-state index is -3.63. The molecule has 0 aliphatic heterocycles. The Morgan fingerprint density at radius 1 is 1.47 bits per heavy atom. The van der Waals surface area contributed by atoms with Crippen LogP contribution in [0.2, 0.25) is 0 Å². The van der Waals surface area contributed by atoms with Gasteiger partial charge in [0, 0.05) is 17.1 Å². The van der Waals surface area contributed by atoms with Crippen LogP contribution < -0.4 is 10.5 Å². The van der Waals surface area contributed by atoms with Crippen molar-refractivity contribution in [2.24, 2.45) is 11.7 Å². The molecule has 0 aromatic heterocycles. The Balaban J connectivity index is 2.14. The molecule has 0 saturated heterocycles. The van der Waals surface area contributed by atoms with Gasteiger partial charge in [-0.3, -0.25) is 0 Å². The summed E-state index contributed by atoms with van der Waals surface area (Å²) < 4.78 is 27.3. The van der Waals surface area contributed by atoms with Crippen LogP contribution in [-0.2, 0) is 10.0 Å². The molecule has 1 aromatic rings. The maximum absolute atomic E-state index is 12.1. The molecular formula is C12H14BrN3O2S. The predicted octanol–water partition coefficient (Wildman–Crippen LogP) is 1.34. The number of hydrogen-bond donors (Lipinski definition) is 2. The minimum Gasteiger partial charge on any atom is -0.326 e. The lowest BCUT2D eigenvalue weighted by Crippen LogP contribution is -2.38. The summed E-state index contributed by atoms with van der Waals surface area (Å²) in [4.78, 5) is 0.0708. The van der Waals surface area contributed by atoms with Gasteiger partial charge in [0.15, 0.2) is 0 Å². The summed E-state index contributed by atoms with van der Waals surface area (Å²) in [6.07, 6.45) is 2.14. The monoisotopic (exact) mass is 343 g/mol. The van der Waals surface area contributed by atoms with Crippen molar-refractivity contribution in [2.75, 3.05) is 6.54 Å². The van der Waals surface area contributed by atoms with Gasteiger partial charge in [-0.1, -0.05) is 15.9 Å². The van der Waals surface area contributed by atoms with Gasteiger partial charge in [-0.15, -0.1) is 0 Å². The molecular weight excluding hydrogens is 330 g/mol. The van der Waals surface area contributed by atoms with Crippen molar-refractivity contribution in [3.8, 4) is 6.07 Å². The molecule has 1 atom stereocenters. The molecule has 1 unspecified atom stereocenters. The third kappa shape index (κ3) is 3.76. The Morgan fingerprint density at radius 3 is 2.74 bits per heavy atom. The molecule has 1 fully saturated rings. The summed E-state index contributed by atoms with van der Waals surface area (Å²) in [6, 6.07) is 6.16. The van der Waals surface area contributed by atoms with E-state index in [4.69, 9.17) is 11.0 Å². The largest absolute Gasteiger partial charge is 0.326 e. The SMILES string of the molecule is N#Cc1cc(Br)cc(S(=O)(=O)NCC(N)C2CC2)c1. The lowest BCUT2D eigenvalue weighted by Gasteiger charge is -2.12. The summed E-state index contributed by atoms with van der Waals surface area (Å²) in [5.74, 6) is 0.430. The van der Waals surface area contributed by atoms with Gasteiger partial charge in [0.2, 0.25) is 10.0 Å². The van der Waals surface area contributed by atoms with Crippen molar-refractivity contribution in [3.05, 3.63) is 28.2 Å². The van der Waals surface area contributed by atoms with E-state index in [1.807, 2.05) is 6.07 Å². The molecule has 0 bridgehead atoms. The van der Waals surface area contributed by atoms with Crippen molar-refractivity contribution >= 4 is 26.0 Å². The number of hydrogen-bond acceptors (Lipinski definition) is 4. The van der Waals surface area contributed by atoms with Crippen LogP contribution in [0, 0.1) is 17.2 Å². The first kappa shape index (κ1) is 14.5. The first-order valence-electron chi connectivity index (χ1n) is 5.88. The van der Waals surface area contributed by atoms with Crippen LogP contribution in [0.15, 0.2) is 27.6 Å². The van der Waals surface area contributed by atoms with E-state index in [-0.39, 0.29) is 17.5 Å². The van der Waals surface area contributed by atoms with Crippen molar-refractivity contribution in [3.63, 3.8) is 0 Å². The Hall–Kier alpha value is -0.940. The van der Waals surface area contributed by atoms with Gasteiger partial charge in [-0.2, -0.15) is 5.26 Å². The van der Waals surface area contributed by atoms with E-state index < -0.39 is 10.0 Å². The van der Waals surface area contributed by atoms with Crippen LogP contribution in [0.4, 0.5) is 0 Å². The maximum Gasteiger partial charge on any atom is 0.240 e. The lowest BCUT2D eigenvalue weighted by atomic mass is 10.2. The summed E-state index contributed by atoms with van der Waals surface area (Å²) in [6.45, 7) is 0.224. The van der Waals surface area contributed by atoms with Gasteiger partial charge < -0.3 is 5.73 Å². The first-order chi connectivity index (χ1) is 8.92. The highest BCUT2D eigenvalue weighted by molar-refractivity contribution is 9.10. The van der Waals surface area contributed by atoms with Gasteiger partial charge in [-0.05, 0) is 37.0 Å². The average molecular weight is 344 g/mol. The number of benzene rings is 1. The molecule has 0 amide bonds. The second kappa shape index (κ2) is 5.59. The maximum atomic E-state index is 12.1. The molecule has 7 heteroatoms. The van der Waals surface area contributed by atoms with Gasteiger partial charge in [0.05, 0.1) is 16.5 Å². The Kier molecular flexibility index (Phi) is 4.26. The number of nitriles is 1. The zero-order chi connectivity index (χ0) is 14.0. The zero-order valence-corrected chi connectivity index (χ0v) is 12.5. The molecule has 19 heavy (non-hydrogen) atoms. The molecule has 0 spiro atoms. The van der Waals surface area contributed by atoms with Crippen molar-refractivity contribution in [2.45, 2.75) is 23.8 Å². The molecule has 1 saturated carbocycles. The van der Waals surface area contributed by atoms with Crippen molar-refractivity contribution in [1.82, 2.24) is 4.72 Å². The number of nitrogens with two attached hydrogens (primary N) is 1. The van der Waals surface area contributed by atoms with Crippen LogP contribution in [0.1, 0.15) is 18.4 Å². The molecule has 0 radical (unpaired) electrons. The molecule has 1 aliphatic carbocycles. The molecule has 1 aliphatic rings. The van der Waals surface area contributed by atoms with Crippen LogP contribution >= 0.6 is 15.9 Å². The van der Waals surface area contributed by atoms with E-state index in [9.17, 15) is 8.42 Å². The van der Waals surface area contributed by atoms with E-state index in [2.05, 4.69) is 20.7 Å². The topological polar surface area (TPSA) is 96.0 Å². The number of nitrogens with one attached hydrogen (secondary N) is 1. The van der Waals surface area contributed by atoms with E-state index >= 15 is 0 Å². The van der Waals surface area contributed by atoms with Gasteiger partial charge in [0.25, 0.3) is 0 Å².